The van der Waals surface area contributed by atoms with E-state index in [4.69, 9.17) is 5.11 Å². The molecule has 0 bridgehead atoms. The van der Waals surface area contributed by atoms with Gasteiger partial charge in [0.25, 0.3) is 0 Å². The molecule has 2 rings (SSSR count). The van der Waals surface area contributed by atoms with E-state index in [2.05, 4.69) is 0 Å². The van der Waals surface area contributed by atoms with Crippen molar-refractivity contribution in [1.82, 2.24) is 0 Å². The van der Waals surface area contributed by atoms with Crippen LogP contribution in [-0.4, -0.2) is 11.1 Å². The molecular weight excluding hydrogens is 250 g/mol. The fourth-order valence-electron chi connectivity index (χ4n) is 1.57. The second kappa shape index (κ2) is 6.64. The molecule has 0 amide bonds. The van der Waals surface area contributed by atoms with E-state index < -0.39 is 23.2 Å². The van der Waals surface area contributed by atoms with Crippen LogP contribution in [0.1, 0.15) is 24.2 Å². The summed E-state index contributed by atoms with van der Waals surface area (Å²) in [7, 11) is 0. The SMILES string of the molecule is CC.O=C(O)c1c(F)cc(-c2ccccc2)cc1F. The molecule has 0 saturated carbocycles. The first-order valence-electron chi connectivity index (χ1n) is 5.87. The maximum atomic E-state index is 13.4. The third-order valence-corrected chi connectivity index (χ3v) is 2.36. The molecule has 0 aromatic heterocycles. The van der Waals surface area contributed by atoms with Crippen molar-refractivity contribution < 1.29 is 18.7 Å². The molecule has 0 aliphatic rings. The topological polar surface area (TPSA) is 37.3 Å². The highest BCUT2D eigenvalue weighted by atomic mass is 19.1. The van der Waals surface area contributed by atoms with Gasteiger partial charge in [0, 0.05) is 0 Å². The summed E-state index contributed by atoms with van der Waals surface area (Å²) in [5, 5.41) is 8.63. The standard InChI is InChI=1S/C13H8F2O2.C2H6/c14-10-6-9(8-4-2-1-3-5-8)7-11(15)12(10)13(16)17;1-2/h1-7H,(H,16,17);1-2H3. The molecule has 0 aliphatic carbocycles. The molecular formula is C15H14F2O2. The molecule has 0 radical (unpaired) electrons. The molecule has 0 fully saturated rings. The number of hydrogen-bond donors (Lipinski definition) is 1. The van der Waals surface area contributed by atoms with E-state index in [1.165, 1.54) is 0 Å². The van der Waals surface area contributed by atoms with Crippen LogP contribution in [0.4, 0.5) is 8.78 Å². The van der Waals surface area contributed by atoms with Gasteiger partial charge < -0.3 is 5.11 Å². The fraction of sp³-hybridized carbons (Fsp3) is 0.133. The van der Waals surface area contributed by atoms with Crippen molar-refractivity contribution in [2.24, 2.45) is 0 Å². The molecule has 2 nitrogen and oxygen atoms in total. The summed E-state index contributed by atoms with van der Waals surface area (Å²) in [5.41, 5.74) is 0.0116. The lowest BCUT2D eigenvalue weighted by atomic mass is 10.0. The fourth-order valence-corrected chi connectivity index (χ4v) is 1.57. The normalized spacial score (nSPS) is 9.47. The molecule has 0 spiro atoms. The third kappa shape index (κ3) is 3.37. The lowest BCUT2D eigenvalue weighted by Gasteiger charge is -2.05. The van der Waals surface area contributed by atoms with Gasteiger partial charge in [-0.2, -0.15) is 0 Å². The molecule has 2 aromatic carbocycles. The first-order chi connectivity index (χ1) is 9.09. The van der Waals surface area contributed by atoms with Crippen LogP contribution in [0, 0.1) is 11.6 Å². The minimum Gasteiger partial charge on any atom is -0.477 e. The van der Waals surface area contributed by atoms with Crippen LogP contribution in [-0.2, 0) is 0 Å². The van der Waals surface area contributed by atoms with Crippen LogP contribution in [0.2, 0.25) is 0 Å². The highest BCUT2D eigenvalue weighted by Crippen LogP contribution is 2.24. The average molecular weight is 264 g/mol. The molecule has 19 heavy (non-hydrogen) atoms. The molecule has 0 aliphatic heterocycles. The van der Waals surface area contributed by atoms with Gasteiger partial charge in [-0.3, -0.25) is 0 Å². The van der Waals surface area contributed by atoms with Crippen LogP contribution in [0.5, 0.6) is 0 Å². The van der Waals surface area contributed by atoms with Crippen LogP contribution in [0.15, 0.2) is 42.5 Å². The number of aromatic carboxylic acids is 1. The maximum Gasteiger partial charge on any atom is 0.341 e. The van der Waals surface area contributed by atoms with Crippen molar-refractivity contribution in [1.29, 1.82) is 0 Å². The van der Waals surface area contributed by atoms with Crippen molar-refractivity contribution in [3.05, 3.63) is 59.7 Å². The number of benzene rings is 2. The molecule has 4 heteroatoms. The van der Waals surface area contributed by atoms with Gasteiger partial charge in [-0.25, -0.2) is 13.6 Å². The number of rotatable bonds is 2. The Bertz CT molecular complexity index is 543. The van der Waals surface area contributed by atoms with Crippen LogP contribution in [0.3, 0.4) is 0 Å². The second-order valence-electron chi connectivity index (χ2n) is 3.49. The Hall–Kier alpha value is -2.23. The minimum absolute atomic E-state index is 0.311. The van der Waals surface area contributed by atoms with E-state index >= 15 is 0 Å². The van der Waals surface area contributed by atoms with Crippen LogP contribution < -0.4 is 0 Å². The summed E-state index contributed by atoms with van der Waals surface area (Å²) in [6.07, 6.45) is 0. The monoisotopic (exact) mass is 264 g/mol. The highest BCUT2D eigenvalue weighted by molar-refractivity contribution is 5.89. The van der Waals surface area contributed by atoms with E-state index in [9.17, 15) is 13.6 Å². The van der Waals surface area contributed by atoms with Gasteiger partial charge in [0.2, 0.25) is 0 Å². The maximum absolute atomic E-state index is 13.4. The number of carboxylic acids is 1. The lowest BCUT2D eigenvalue weighted by molar-refractivity contribution is 0.0686. The predicted molar refractivity (Wildman–Crippen MR) is 70.1 cm³/mol. The van der Waals surface area contributed by atoms with Crippen molar-refractivity contribution in [2.45, 2.75) is 13.8 Å². The van der Waals surface area contributed by atoms with Crippen molar-refractivity contribution in [3.8, 4) is 11.1 Å². The Labute approximate surface area is 110 Å². The van der Waals surface area contributed by atoms with Crippen LogP contribution >= 0.6 is 0 Å². The largest absolute Gasteiger partial charge is 0.477 e. The van der Waals surface area contributed by atoms with E-state index in [1.54, 1.807) is 30.3 Å². The zero-order chi connectivity index (χ0) is 14.4. The van der Waals surface area contributed by atoms with Gasteiger partial charge in [0.1, 0.15) is 17.2 Å². The van der Waals surface area contributed by atoms with Crippen molar-refractivity contribution >= 4 is 5.97 Å². The number of hydrogen-bond acceptors (Lipinski definition) is 1. The van der Waals surface area contributed by atoms with Gasteiger partial charge in [0.05, 0.1) is 0 Å². The minimum atomic E-state index is -1.61. The zero-order valence-corrected chi connectivity index (χ0v) is 10.7. The summed E-state index contributed by atoms with van der Waals surface area (Å²) in [6, 6.07) is 10.7. The number of carbonyl (C=O) groups is 1. The van der Waals surface area contributed by atoms with E-state index in [0.717, 1.165) is 12.1 Å². The van der Waals surface area contributed by atoms with Gasteiger partial charge in [-0.1, -0.05) is 44.2 Å². The first kappa shape index (κ1) is 14.8. The predicted octanol–water partition coefficient (Wildman–Crippen LogP) is 4.36. The Balaban J connectivity index is 0.000000861. The van der Waals surface area contributed by atoms with Gasteiger partial charge >= 0.3 is 5.97 Å². The Morgan fingerprint density at radius 3 is 1.84 bits per heavy atom. The molecule has 2 aromatic rings. The second-order valence-corrected chi connectivity index (χ2v) is 3.49. The molecule has 0 atom stereocenters. The molecule has 0 heterocycles. The lowest BCUT2D eigenvalue weighted by Crippen LogP contribution is -2.04. The summed E-state index contributed by atoms with van der Waals surface area (Å²) >= 11 is 0. The Morgan fingerprint density at radius 1 is 0.947 bits per heavy atom. The smallest absolute Gasteiger partial charge is 0.341 e. The van der Waals surface area contributed by atoms with Gasteiger partial charge in [-0.15, -0.1) is 0 Å². The highest BCUT2D eigenvalue weighted by Gasteiger charge is 2.17. The number of halogens is 2. The summed E-state index contributed by atoms with van der Waals surface area (Å²) in [5.74, 6) is -3.76. The molecule has 0 unspecified atom stereocenters. The first-order valence-corrected chi connectivity index (χ1v) is 5.87. The van der Waals surface area contributed by atoms with Crippen molar-refractivity contribution in [3.63, 3.8) is 0 Å². The Morgan fingerprint density at radius 2 is 1.42 bits per heavy atom. The zero-order valence-electron chi connectivity index (χ0n) is 10.7. The average Bonchev–Trinajstić information content (AvgIpc) is 2.40. The summed E-state index contributed by atoms with van der Waals surface area (Å²) in [4.78, 5) is 10.6. The van der Waals surface area contributed by atoms with Gasteiger partial charge in [0.15, 0.2) is 0 Å². The quantitative estimate of drug-likeness (QED) is 0.875. The molecule has 1 N–H and O–H groups in total. The Kier molecular flexibility index (Phi) is 5.18. The van der Waals surface area contributed by atoms with Crippen molar-refractivity contribution in [2.75, 3.05) is 0 Å². The third-order valence-electron chi connectivity index (χ3n) is 2.36. The van der Waals surface area contributed by atoms with Crippen LogP contribution in [0.25, 0.3) is 11.1 Å². The molecule has 100 valence electrons. The van der Waals surface area contributed by atoms with Gasteiger partial charge in [-0.05, 0) is 23.3 Å². The van der Waals surface area contributed by atoms with E-state index in [0.29, 0.717) is 11.1 Å². The molecule has 0 saturated heterocycles. The van der Waals surface area contributed by atoms with E-state index in [-0.39, 0.29) is 0 Å². The number of carboxylic acid groups (broad SMARTS) is 1. The van der Waals surface area contributed by atoms with E-state index in [1.807, 2.05) is 13.8 Å². The summed E-state index contributed by atoms with van der Waals surface area (Å²) < 4.78 is 26.9. The summed E-state index contributed by atoms with van der Waals surface area (Å²) in [6.45, 7) is 4.00.